The number of amides is 1. The molecule has 2 aromatic rings. The molecule has 6 nitrogen and oxygen atoms in total. The van der Waals surface area contributed by atoms with Crippen LogP contribution in [-0.2, 0) is 14.8 Å². The maximum absolute atomic E-state index is 13.4. The summed E-state index contributed by atoms with van der Waals surface area (Å²) >= 11 is 0. The molecule has 0 bridgehead atoms. The Morgan fingerprint density at radius 2 is 1.97 bits per heavy atom. The van der Waals surface area contributed by atoms with Crippen molar-refractivity contribution >= 4 is 15.9 Å². The summed E-state index contributed by atoms with van der Waals surface area (Å²) in [6, 6.07) is 12.8. The molecule has 3 rings (SSSR count). The second kappa shape index (κ2) is 8.51. The van der Waals surface area contributed by atoms with Gasteiger partial charge in [-0.3, -0.25) is 4.79 Å². The van der Waals surface area contributed by atoms with Gasteiger partial charge >= 0.3 is 0 Å². The fraction of sp³-hybridized carbons (Fsp3) is 0.381. The van der Waals surface area contributed by atoms with Gasteiger partial charge in [0.2, 0.25) is 15.9 Å². The van der Waals surface area contributed by atoms with Gasteiger partial charge in [0.25, 0.3) is 0 Å². The monoisotopic (exact) mass is 420 g/mol. The lowest BCUT2D eigenvalue weighted by Gasteiger charge is -2.41. The first-order valence-electron chi connectivity index (χ1n) is 9.44. The molecule has 0 unspecified atom stereocenters. The predicted molar refractivity (Wildman–Crippen MR) is 107 cm³/mol. The maximum atomic E-state index is 13.4. The Kier molecular flexibility index (Phi) is 6.24. The number of para-hydroxylation sites is 1. The molecule has 2 aromatic carbocycles. The van der Waals surface area contributed by atoms with Crippen LogP contribution in [0.1, 0.15) is 24.8 Å². The molecule has 0 aliphatic carbocycles. The Balaban J connectivity index is 1.86. The quantitative estimate of drug-likeness (QED) is 0.746. The first kappa shape index (κ1) is 21.3. The standard InChI is InChI=1S/C21H25FN2O4S/c1-16-12-17(22)8-9-19(16)29(26,27)24-11-5-10-21(14-24,13-20(23)25)15-28-18-6-3-2-4-7-18/h2-4,6-9,12H,5,10-11,13-15H2,1H3,(H2,23,25)/t21-/m0/s1. The van der Waals surface area contributed by atoms with Gasteiger partial charge in [0.15, 0.2) is 0 Å². The van der Waals surface area contributed by atoms with Gasteiger partial charge in [-0.2, -0.15) is 4.31 Å². The van der Waals surface area contributed by atoms with E-state index in [0.717, 1.165) is 6.07 Å². The Morgan fingerprint density at radius 3 is 2.62 bits per heavy atom. The van der Waals surface area contributed by atoms with E-state index in [4.69, 9.17) is 10.5 Å². The largest absolute Gasteiger partial charge is 0.493 e. The molecule has 0 spiro atoms. The molecule has 1 amide bonds. The van der Waals surface area contributed by atoms with Crippen LogP contribution in [0.2, 0.25) is 0 Å². The van der Waals surface area contributed by atoms with Crippen molar-refractivity contribution in [2.24, 2.45) is 11.1 Å². The van der Waals surface area contributed by atoms with Crippen molar-refractivity contribution in [2.75, 3.05) is 19.7 Å². The van der Waals surface area contributed by atoms with Gasteiger partial charge in [-0.25, -0.2) is 12.8 Å². The number of hydrogen-bond acceptors (Lipinski definition) is 4. The molecule has 1 saturated heterocycles. The molecule has 1 aliphatic heterocycles. The third kappa shape index (κ3) is 4.94. The van der Waals surface area contributed by atoms with E-state index >= 15 is 0 Å². The van der Waals surface area contributed by atoms with Crippen molar-refractivity contribution < 1.29 is 22.3 Å². The van der Waals surface area contributed by atoms with E-state index in [1.807, 2.05) is 18.2 Å². The zero-order valence-electron chi connectivity index (χ0n) is 16.3. The van der Waals surface area contributed by atoms with Gasteiger partial charge in [0, 0.05) is 24.9 Å². The Bertz CT molecular complexity index is 981. The molecular formula is C21H25FN2O4S. The summed E-state index contributed by atoms with van der Waals surface area (Å²) in [7, 11) is -3.84. The smallest absolute Gasteiger partial charge is 0.243 e. The lowest BCUT2D eigenvalue weighted by molar-refractivity contribution is -0.121. The minimum atomic E-state index is -3.84. The molecule has 1 atom stereocenters. The minimum absolute atomic E-state index is 0.0221. The average molecular weight is 421 g/mol. The van der Waals surface area contributed by atoms with Crippen molar-refractivity contribution in [1.82, 2.24) is 4.31 Å². The van der Waals surface area contributed by atoms with Crippen LogP contribution in [0.5, 0.6) is 5.75 Å². The topological polar surface area (TPSA) is 89.7 Å². The number of carbonyl (C=O) groups is 1. The van der Waals surface area contributed by atoms with Gasteiger partial charge in [-0.1, -0.05) is 18.2 Å². The molecule has 1 aliphatic rings. The molecule has 29 heavy (non-hydrogen) atoms. The van der Waals surface area contributed by atoms with E-state index in [1.54, 1.807) is 19.1 Å². The first-order chi connectivity index (χ1) is 13.7. The molecule has 1 fully saturated rings. The van der Waals surface area contributed by atoms with Crippen LogP contribution in [0, 0.1) is 18.2 Å². The SMILES string of the molecule is Cc1cc(F)ccc1S(=O)(=O)N1CCC[C@](COc2ccccc2)(CC(N)=O)C1. The second-order valence-corrected chi connectivity index (χ2v) is 9.50. The molecule has 0 saturated carbocycles. The number of nitrogens with two attached hydrogens (primary N) is 1. The van der Waals surface area contributed by atoms with Gasteiger partial charge < -0.3 is 10.5 Å². The molecule has 2 N–H and O–H groups in total. The number of halogens is 1. The van der Waals surface area contributed by atoms with Gasteiger partial charge in [0.05, 0.1) is 11.5 Å². The fourth-order valence-corrected chi connectivity index (χ4v) is 5.64. The lowest BCUT2D eigenvalue weighted by atomic mass is 9.78. The summed E-state index contributed by atoms with van der Waals surface area (Å²) in [5.41, 5.74) is 5.10. The van der Waals surface area contributed by atoms with Gasteiger partial charge in [0.1, 0.15) is 11.6 Å². The number of carbonyl (C=O) groups excluding carboxylic acids is 1. The van der Waals surface area contributed by atoms with E-state index in [9.17, 15) is 17.6 Å². The Morgan fingerprint density at radius 1 is 1.24 bits per heavy atom. The average Bonchev–Trinajstić information content (AvgIpc) is 2.67. The highest BCUT2D eigenvalue weighted by Gasteiger charge is 2.42. The zero-order valence-corrected chi connectivity index (χ0v) is 17.1. The van der Waals surface area contributed by atoms with E-state index in [0.29, 0.717) is 30.7 Å². The number of primary amides is 1. The Hall–Kier alpha value is -2.45. The number of piperidine rings is 1. The maximum Gasteiger partial charge on any atom is 0.243 e. The zero-order chi connectivity index (χ0) is 21.1. The van der Waals surface area contributed by atoms with Crippen LogP contribution in [0.3, 0.4) is 0 Å². The number of nitrogens with zero attached hydrogens (tertiary/aromatic N) is 1. The summed E-state index contributed by atoms with van der Waals surface area (Å²) in [6.07, 6.45) is 1.22. The third-order valence-electron chi connectivity index (χ3n) is 5.22. The van der Waals surface area contributed by atoms with Crippen molar-refractivity contribution in [1.29, 1.82) is 0 Å². The summed E-state index contributed by atoms with van der Waals surface area (Å²) in [6.45, 7) is 2.18. The summed E-state index contributed by atoms with van der Waals surface area (Å²) in [5.74, 6) is -0.344. The number of benzene rings is 2. The van der Waals surface area contributed by atoms with E-state index in [2.05, 4.69) is 0 Å². The van der Waals surface area contributed by atoms with Gasteiger partial charge in [-0.05, 0) is 55.7 Å². The van der Waals surface area contributed by atoms with E-state index < -0.39 is 27.2 Å². The fourth-order valence-electron chi connectivity index (χ4n) is 3.84. The molecule has 1 heterocycles. The summed E-state index contributed by atoms with van der Waals surface area (Å²) in [5, 5.41) is 0. The molecule has 0 aromatic heterocycles. The minimum Gasteiger partial charge on any atom is -0.493 e. The molecule has 0 radical (unpaired) electrons. The van der Waals surface area contributed by atoms with Crippen molar-refractivity contribution in [3.63, 3.8) is 0 Å². The third-order valence-corrected chi connectivity index (χ3v) is 7.22. The van der Waals surface area contributed by atoms with Crippen LogP contribution in [0.15, 0.2) is 53.4 Å². The highest BCUT2D eigenvalue weighted by molar-refractivity contribution is 7.89. The van der Waals surface area contributed by atoms with Crippen LogP contribution in [0.4, 0.5) is 4.39 Å². The number of ether oxygens (including phenoxy) is 1. The van der Waals surface area contributed by atoms with E-state index in [1.165, 1.54) is 16.4 Å². The van der Waals surface area contributed by atoms with Crippen LogP contribution < -0.4 is 10.5 Å². The highest BCUT2D eigenvalue weighted by Crippen LogP contribution is 2.37. The normalized spacial score (nSPS) is 20.3. The lowest BCUT2D eigenvalue weighted by Crippen LogP contribution is -2.50. The van der Waals surface area contributed by atoms with Crippen molar-refractivity contribution in [3.05, 3.63) is 59.9 Å². The Labute approximate surface area is 170 Å². The number of rotatable bonds is 7. The number of hydrogen-bond donors (Lipinski definition) is 1. The summed E-state index contributed by atoms with van der Waals surface area (Å²) < 4.78 is 47.1. The van der Waals surface area contributed by atoms with Crippen LogP contribution in [0.25, 0.3) is 0 Å². The van der Waals surface area contributed by atoms with Crippen molar-refractivity contribution in [2.45, 2.75) is 31.1 Å². The predicted octanol–water partition coefficient (Wildman–Crippen LogP) is 2.86. The van der Waals surface area contributed by atoms with Crippen LogP contribution >= 0.6 is 0 Å². The van der Waals surface area contributed by atoms with E-state index in [-0.39, 0.29) is 24.5 Å². The molecule has 8 heteroatoms. The highest BCUT2D eigenvalue weighted by atomic mass is 32.2. The number of aryl methyl sites for hydroxylation is 1. The first-order valence-corrected chi connectivity index (χ1v) is 10.9. The summed E-state index contributed by atoms with van der Waals surface area (Å²) in [4.78, 5) is 11.8. The number of sulfonamides is 1. The van der Waals surface area contributed by atoms with Crippen LogP contribution in [-0.4, -0.2) is 38.3 Å². The second-order valence-electron chi connectivity index (χ2n) is 7.60. The molecule has 156 valence electrons. The molecular weight excluding hydrogens is 395 g/mol. The van der Waals surface area contributed by atoms with Crippen molar-refractivity contribution in [3.8, 4) is 5.75 Å². The van der Waals surface area contributed by atoms with Gasteiger partial charge in [-0.15, -0.1) is 0 Å².